The number of pyridine rings is 1. The number of carbonyl (C=O) groups is 1. The predicted octanol–water partition coefficient (Wildman–Crippen LogP) is 4.15. The van der Waals surface area contributed by atoms with E-state index in [1.165, 1.54) is 4.57 Å². The van der Waals surface area contributed by atoms with Crippen LogP contribution in [0.3, 0.4) is 0 Å². The molecular weight excluding hydrogens is 358 g/mol. The first-order valence-electron chi connectivity index (χ1n) is 9.17. The van der Waals surface area contributed by atoms with Crippen LogP contribution in [-0.4, -0.2) is 15.5 Å². The highest BCUT2D eigenvalue weighted by Gasteiger charge is 2.21. The number of carbonyl (C=O) groups excluding carboxylic acids is 1. The molecular formula is C21H25N3O4. The van der Waals surface area contributed by atoms with Crippen LogP contribution < -0.4 is 15.8 Å². The van der Waals surface area contributed by atoms with Crippen LogP contribution in [0.25, 0.3) is 11.2 Å². The molecule has 2 aromatic heterocycles. The third kappa shape index (κ3) is 3.17. The summed E-state index contributed by atoms with van der Waals surface area (Å²) < 4.78 is 12.8. The molecule has 7 heteroatoms. The maximum Gasteiger partial charge on any atom is 0.421 e. The van der Waals surface area contributed by atoms with E-state index in [1.807, 2.05) is 41.5 Å². The van der Waals surface area contributed by atoms with Crippen molar-refractivity contribution in [2.45, 2.75) is 41.5 Å². The lowest BCUT2D eigenvalue weighted by Crippen LogP contribution is -2.19. The molecule has 0 saturated heterocycles. The number of nitrogens with zero attached hydrogens (tertiary/aromatic N) is 2. The lowest BCUT2D eigenvalue weighted by atomic mass is 9.96. The van der Waals surface area contributed by atoms with E-state index in [0.717, 1.165) is 27.9 Å². The predicted molar refractivity (Wildman–Crippen MR) is 108 cm³/mol. The zero-order valence-electron chi connectivity index (χ0n) is 17.3. The fourth-order valence-corrected chi connectivity index (χ4v) is 3.11. The van der Waals surface area contributed by atoms with Gasteiger partial charge in [-0.25, -0.2) is 9.78 Å². The number of hydrogen-bond acceptors (Lipinski definition) is 5. The Balaban J connectivity index is 2.15. The molecule has 0 saturated carbocycles. The van der Waals surface area contributed by atoms with Crippen LogP contribution in [0.4, 0.5) is 5.69 Å². The number of rotatable bonds is 4. The highest BCUT2D eigenvalue weighted by molar-refractivity contribution is 5.94. The van der Waals surface area contributed by atoms with Crippen LogP contribution in [0, 0.1) is 33.6 Å². The summed E-state index contributed by atoms with van der Waals surface area (Å²) in [5.41, 5.74) is 5.26. The Morgan fingerprint density at radius 2 is 1.82 bits per heavy atom. The normalized spacial score (nSPS) is 11.3. The van der Waals surface area contributed by atoms with Gasteiger partial charge in [0, 0.05) is 30.8 Å². The Kier molecular flexibility index (Phi) is 5.02. The van der Waals surface area contributed by atoms with Gasteiger partial charge in [-0.2, -0.15) is 0 Å². The maximum atomic E-state index is 12.3. The SMILES string of the molecule is Cc1c(C)c(NC(=O)C(C)C)c(C)c(Oc2ccnc3c2oc(=O)n3C)c1C. The molecule has 7 nitrogen and oxygen atoms in total. The molecule has 3 aromatic rings. The third-order valence-corrected chi connectivity index (χ3v) is 5.17. The second kappa shape index (κ2) is 7.14. The zero-order valence-corrected chi connectivity index (χ0v) is 17.3. The topological polar surface area (TPSA) is 86.4 Å². The van der Waals surface area contributed by atoms with Crippen molar-refractivity contribution in [1.29, 1.82) is 0 Å². The molecule has 28 heavy (non-hydrogen) atoms. The first-order chi connectivity index (χ1) is 13.1. The lowest BCUT2D eigenvalue weighted by Gasteiger charge is -2.21. The van der Waals surface area contributed by atoms with Crippen molar-refractivity contribution in [3.05, 3.63) is 45.1 Å². The zero-order chi connectivity index (χ0) is 20.7. The Morgan fingerprint density at radius 3 is 2.46 bits per heavy atom. The van der Waals surface area contributed by atoms with E-state index >= 15 is 0 Å². The van der Waals surface area contributed by atoms with Crippen LogP contribution in [0.5, 0.6) is 11.5 Å². The fraction of sp³-hybridized carbons (Fsp3) is 0.381. The molecule has 2 heterocycles. The van der Waals surface area contributed by atoms with Crippen LogP contribution in [0.15, 0.2) is 21.5 Å². The fourth-order valence-electron chi connectivity index (χ4n) is 3.11. The molecule has 0 atom stereocenters. The summed E-state index contributed by atoms with van der Waals surface area (Å²) in [5.74, 6) is 0.334. The smallest absolute Gasteiger partial charge is 0.421 e. The largest absolute Gasteiger partial charge is 0.453 e. The second-order valence-corrected chi connectivity index (χ2v) is 7.34. The van der Waals surface area contributed by atoms with Gasteiger partial charge in [-0.05, 0) is 44.4 Å². The van der Waals surface area contributed by atoms with Crippen LogP contribution in [0.2, 0.25) is 0 Å². The lowest BCUT2D eigenvalue weighted by molar-refractivity contribution is -0.118. The van der Waals surface area contributed by atoms with Crippen molar-refractivity contribution in [3.8, 4) is 11.5 Å². The van der Waals surface area contributed by atoms with Gasteiger partial charge in [0.1, 0.15) is 5.75 Å². The Bertz CT molecular complexity index is 1140. The van der Waals surface area contributed by atoms with Gasteiger partial charge >= 0.3 is 5.76 Å². The molecule has 1 aromatic carbocycles. The molecule has 3 rings (SSSR count). The van der Waals surface area contributed by atoms with Crippen molar-refractivity contribution in [2.24, 2.45) is 13.0 Å². The number of fused-ring (bicyclic) bond motifs is 1. The second-order valence-electron chi connectivity index (χ2n) is 7.34. The molecule has 0 fully saturated rings. The summed E-state index contributed by atoms with van der Waals surface area (Å²) in [6.45, 7) is 11.6. The molecule has 1 amide bonds. The van der Waals surface area contributed by atoms with E-state index in [2.05, 4.69) is 10.3 Å². The van der Waals surface area contributed by atoms with E-state index in [0.29, 0.717) is 22.7 Å². The standard InChI is InChI=1S/C21H25N3O4/c1-10(2)20(25)23-16-12(4)11(3)13(5)17(14(16)6)27-15-8-9-22-19-18(15)28-21(26)24(19)7/h8-10H,1-7H3,(H,23,25). The van der Waals surface area contributed by atoms with Crippen LogP contribution in [0.1, 0.15) is 36.1 Å². The number of nitrogens with one attached hydrogen (secondary N) is 1. The summed E-state index contributed by atoms with van der Waals surface area (Å²) in [6, 6.07) is 1.66. The van der Waals surface area contributed by atoms with Crippen molar-refractivity contribution >= 4 is 22.8 Å². The minimum atomic E-state index is -0.503. The minimum absolute atomic E-state index is 0.0549. The highest BCUT2D eigenvalue weighted by atomic mass is 16.5. The maximum absolute atomic E-state index is 12.3. The molecule has 0 aliphatic carbocycles. The van der Waals surface area contributed by atoms with E-state index in [4.69, 9.17) is 9.15 Å². The third-order valence-electron chi connectivity index (χ3n) is 5.17. The number of ether oxygens (including phenoxy) is 1. The average Bonchev–Trinajstić information content (AvgIpc) is 2.95. The van der Waals surface area contributed by atoms with E-state index in [-0.39, 0.29) is 11.8 Å². The summed E-state index contributed by atoms with van der Waals surface area (Å²) in [5, 5.41) is 3.01. The molecule has 0 spiro atoms. The number of benzene rings is 1. The van der Waals surface area contributed by atoms with Crippen molar-refractivity contribution in [1.82, 2.24) is 9.55 Å². The first kappa shape index (κ1) is 19.7. The highest BCUT2D eigenvalue weighted by Crippen LogP contribution is 2.40. The van der Waals surface area contributed by atoms with Gasteiger partial charge < -0.3 is 14.5 Å². The van der Waals surface area contributed by atoms with Gasteiger partial charge in [0.15, 0.2) is 11.4 Å². The van der Waals surface area contributed by atoms with Crippen LogP contribution in [-0.2, 0) is 11.8 Å². The summed E-state index contributed by atoms with van der Waals surface area (Å²) in [4.78, 5) is 28.3. The molecule has 0 radical (unpaired) electrons. The Hall–Kier alpha value is -3.09. The molecule has 148 valence electrons. The van der Waals surface area contributed by atoms with E-state index in [9.17, 15) is 9.59 Å². The first-order valence-corrected chi connectivity index (χ1v) is 9.17. The number of amides is 1. The number of aryl methyl sites for hydroxylation is 1. The molecule has 0 aliphatic heterocycles. The van der Waals surface area contributed by atoms with Gasteiger partial charge in [-0.3, -0.25) is 9.36 Å². The Labute approximate surface area is 163 Å². The average molecular weight is 383 g/mol. The van der Waals surface area contributed by atoms with Crippen molar-refractivity contribution in [3.63, 3.8) is 0 Å². The van der Waals surface area contributed by atoms with E-state index in [1.54, 1.807) is 19.3 Å². The van der Waals surface area contributed by atoms with Crippen molar-refractivity contribution in [2.75, 3.05) is 5.32 Å². The molecule has 0 aliphatic rings. The van der Waals surface area contributed by atoms with Gasteiger partial charge in [-0.1, -0.05) is 13.8 Å². The Morgan fingerprint density at radius 1 is 1.14 bits per heavy atom. The van der Waals surface area contributed by atoms with Gasteiger partial charge in [0.05, 0.1) is 5.69 Å². The number of hydrogen-bond donors (Lipinski definition) is 1. The molecule has 1 N–H and O–H groups in total. The van der Waals surface area contributed by atoms with Gasteiger partial charge in [0.25, 0.3) is 0 Å². The van der Waals surface area contributed by atoms with Crippen LogP contribution >= 0.6 is 0 Å². The number of oxazole rings is 1. The number of aromatic nitrogens is 2. The van der Waals surface area contributed by atoms with Gasteiger partial charge in [-0.15, -0.1) is 0 Å². The van der Waals surface area contributed by atoms with E-state index < -0.39 is 5.76 Å². The minimum Gasteiger partial charge on any atom is -0.453 e. The van der Waals surface area contributed by atoms with Gasteiger partial charge in [0.2, 0.25) is 11.5 Å². The molecule has 0 unspecified atom stereocenters. The molecule has 0 bridgehead atoms. The van der Waals surface area contributed by atoms with Crippen molar-refractivity contribution < 1.29 is 13.9 Å². The summed E-state index contributed by atoms with van der Waals surface area (Å²) in [6.07, 6.45) is 1.57. The quantitative estimate of drug-likeness (QED) is 0.731. The number of anilines is 1. The monoisotopic (exact) mass is 383 g/mol. The summed E-state index contributed by atoms with van der Waals surface area (Å²) in [7, 11) is 1.59. The summed E-state index contributed by atoms with van der Waals surface area (Å²) >= 11 is 0.